The zero-order valence-corrected chi connectivity index (χ0v) is 21.4. The van der Waals surface area contributed by atoms with E-state index in [9.17, 15) is 13.2 Å². The summed E-state index contributed by atoms with van der Waals surface area (Å²) in [4.78, 5) is 26.2. The Morgan fingerprint density at radius 3 is 2.81 bits per heavy atom. The number of nitrogen functional groups attached to an aromatic ring is 1. The normalized spacial score (nSPS) is 13.9. The van der Waals surface area contributed by atoms with Crippen LogP contribution in [0.2, 0.25) is 0 Å². The first-order chi connectivity index (χ1) is 15.2. The van der Waals surface area contributed by atoms with E-state index in [0.29, 0.717) is 42.3 Å². The number of nitrogens with two attached hydrogens (primary N) is 1. The maximum Gasteiger partial charge on any atom is 0.213 e. The number of Topliss-reactive ketones (excluding diaryl/α,β-unsaturated/α-hetero) is 1. The topological polar surface area (TPSA) is 133 Å². The number of hydrogen-bond donors (Lipinski definition) is 2. The van der Waals surface area contributed by atoms with Gasteiger partial charge in [-0.05, 0) is 67.0 Å². The maximum atomic E-state index is 12.2. The van der Waals surface area contributed by atoms with Crippen LogP contribution in [0.25, 0.3) is 11.2 Å². The average molecular weight is 586 g/mol. The van der Waals surface area contributed by atoms with Crippen molar-refractivity contribution in [2.75, 3.05) is 12.3 Å². The number of hydrogen-bond acceptors (Lipinski definition) is 8. The summed E-state index contributed by atoms with van der Waals surface area (Å²) >= 11 is 3.72. The summed E-state index contributed by atoms with van der Waals surface area (Å²) in [6, 6.07) is 4.00. The molecule has 1 aliphatic rings. The number of aryl methyl sites for hydroxylation is 2. The average Bonchev–Trinajstić information content (AvgIpc) is 3.27. The number of sulfonamides is 1. The molecule has 9 nitrogen and oxygen atoms in total. The number of nitrogens with one attached hydrogen (secondary N) is 1. The largest absolute Gasteiger partial charge is 0.382 e. The van der Waals surface area contributed by atoms with Gasteiger partial charge in [-0.15, -0.1) is 0 Å². The van der Waals surface area contributed by atoms with Gasteiger partial charge in [-0.3, -0.25) is 4.79 Å². The molecule has 0 unspecified atom stereocenters. The second kappa shape index (κ2) is 9.23. The summed E-state index contributed by atoms with van der Waals surface area (Å²) in [5, 5.41) is 0.182. The summed E-state index contributed by atoms with van der Waals surface area (Å²) in [5.74, 6) is 0.453. The number of carbonyl (C=O) groups excluding carboxylic acids is 1. The number of carbonyl (C=O) groups is 1. The molecule has 0 atom stereocenters. The van der Waals surface area contributed by atoms with Crippen LogP contribution in [0, 0.1) is 3.57 Å². The van der Waals surface area contributed by atoms with Crippen molar-refractivity contribution >= 4 is 67.1 Å². The van der Waals surface area contributed by atoms with Crippen molar-refractivity contribution in [3.05, 3.63) is 33.2 Å². The molecule has 0 bridgehead atoms. The SMILES string of the molecule is CC(C)S(=O)(=O)NCCCn1c(Sc2cc3c(cc2I)CCC3=O)nc2c(N)ncnc21. The van der Waals surface area contributed by atoms with Crippen molar-refractivity contribution in [2.45, 2.75) is 55.0 Å². The number of benzene rings is 1. The third-order valence-electron chi connectivity index (χ3n) is 5.29. The van der Waals surface area contributed by atoms with E-state index in [2.05, 4.69) is 48.3 Å². The van der Waals surface area contributed by atoms with Gasteiger partial charge in [0.15, 0.2) is 27.9 Å². The number of fused-ring (bicyclic) bond motifs is 2. The minimum absolute atomic E-state index is 0.166. The Balaban J connectivity index is 1.63. The van der Waals surface area contributed by atoms with Crippen LogP contribution in [0.4, 0.5) is 5.82 Å². The molecule has 2 heterocycles. The standard InChI is InChI=1S/C20H23IN6O3S2/c1-11(2)32(29,30)25-6-3-7-27-19-17(18(22)23-10-24-19)26-20(27)31-16-9-13-12(8-14(16)21)4-5-15(13)28/h8-11,25H,3-7H2,1-2H3,(H2,22,23,24). The zero-order valence-electron chi connectivity index (χ0n) is 17.6. The van der Waals surface area contributed by atoms with Crippen LogP contribution in [0.1, 0.15) is 42.6 Å². The van der Waals surface area contributed by atoms with Gasteiger partial charge in [0.1, 0.15) is 6.33 Å². The molecule has 0 saturated carbocycles. The van der Waals surface area contributed by atoms with Gasteiger partial charge in [-0.1, -0.05) is 11.8 Å². The molecule has 4 rings (SSSR count). The molecule has 0 fully saturated rings. The van der Waals surface area contributed by atoms with Crippen LogP contribution in [0.15, 0.2) is 28.5 Å². The number of halogens is 1. The Hall–Kier alpha value is -1.77. The van der Waals surface area contributed by atoms with Crippen LogP contribution in [0.3, 0.4) is 0 Å². The molecule has 0 aliphatic heterocycles. The number of ketones is 1. The molecule has 1 aromatic carbocycles. The van der Waals surface area contributed by atoms with E-state index in [1.54, 1.807) is 13.8 Å². The fraction of sp³-hybridized carbons (Fsp3) is 0.400. The van der Waals surface area contributed by atoms with E-state index in [1.807, 2.05) is 10.6 Å². The molecule has 0 spiro atoms. The molecule has 3 N–H and O–H groups in total. The highest BCUT2D eigenvalue weighted by Crippen LogP contribution is 2.37. The minimum Gasteiger partial charge on any atom is -0.382 e. The fourth-order valence-electron chi connectivity index (χ4n) is 3.45. The third-order valence-corrected chi connectivity index (χ3v) is 9.45. The first-order valence-electron chi connectivity index (χ1n) is 10.2. The summed E-state index contributed by atoms with van der Waals surface area (Å²) in [6.07, 6.45) is 3.28. The van der Waals surface area contributed by atoms with Crippen molar-refractivity contribution < 1.29 is 13.2 Å². The van der Waals surface area contributed by atoms with Crippen molar-refractivity contribution in [2.24, 2.45) is 0 Å². The van der Waals surface area contributed by atoms with E-state index >= 15 is 0 Å². The van der Waals surface area contributed by atoms with E-state index in [0.717, 1.165) is 26.0 Å². The van der Waals surface area contributed by atoms with Crippen LogP contribution in [-0.4, -0.2) is 45.5 Å². The quantitative estimate of drug-likeness (QED) is 0.304. The molecule has 170 valence electrons. The van der Waals surface area contributed by atoms with Crippen LogP contribution in [0.5, 0.6) is 0 Å². The zero-order chi connectivity index (χ0) is 23.0. The molecule has 0 amide bonds. The van der Waals surface area contributed by atoms with Gasteiger partial charge >= 0.3 is 0 Å². The number of rotatable bonds is 8. The van der Waals surface area contributed by atoms with Crippen LogP contribution in [-0.2, 0) is 23.0 Å². The van der Waals surface area contributed by atoms with Gasteiger partial charge in [0, 0.05) is 33.5 Å². The summed E-state index contributed by atoms with van der Waals surface area (Å²) in [7, 11) is -3.32. The minimum atomic E-state index is -3.32. The van der Waals surface area contributed by atoms with Crippen molar-refractivity contribution in [1.82, 2.24) is 24.2 Å². The van der Waals surface area contributed by atoms with Gasteiger partial charge in [-0.2, -0.15) is 0 Å². The number of anilines is 1. The molecule has 12 heteroatoms. The lowest BCUT2D eigenvalue weighted by Crippen LogP contribution is -2.31. The Kier molecular flexibility index (Phi) is 6.75. The van der Waals surface area contributed by atoms with Gasteiger partial charge in [0.2, 0.25) is 10.0 Å². The van der Waals surface area contributed by atoms with Gasteiger partial charge in [0.05, 0.1) is 5.25 Å². The molecular formula is C20H23IN6O3S2. The second-order valence-electron chi connectivity index (χ2n) is 7.78. The van der Waals surface area contributed by atoms with Crippen LogP contribution >= 0.6 is 34.4 Å². The Labute approximate surface area is 204 Å². The van der Waals surface area contributed by atoms with E-state index in [1.165, 1.54) is 18.1 Å². The fourth-order valence-corrected chi connectivity index (χ4v) is 6.03. The highest BCUT2D eigenvalue weighted by atomic mass is 127. The predicted molar refractivity (Wildman–Crippen MR) is 132 cm³/mol. The number of aromatic nitrogens is 4. The predicted octanol–water partition coefficient (Wildman–Crippen LogP) is 3.01. The number of imidazole rings is 1. The molecular weight excluding hydrogens is 563 g/mol. The van der Waals surface area contributed by atoms with E-state index in [-0.39, 0.29) is 11.6 Å². The third kappa shape index (κ3) is 4.63. The summed E-state index contributed by atoms with van der Waals surface area (Å²) < 4.78 is 29.6. The molecule has 0 saturated heterocycles. The van der Waals surface area contributed by atoms with Crippen molar-refractivity contribution in [3.8, 4) is 0 Å². The van der Waals surface area contributed by atoms with Crippen molar-refractivity contribution in [3.63, 3.8) is 0 Å². The molecule has 1 aliphatic carbocycles. The van der Waals surface area contributed by atoms with Gasteiger partial charge in [-0.25, -0.2) is 28.1 Å². The first kappa shape index (κ1) is 23.4. The number of nitrogens with zero attached hydrogens (tertiary/aromatic N) is 4. The summed E-state index contributed by atoms with van der Waals surface area (Å²) in [5.41, 5.74) is 8.99. The lowest BCUT2D eigenvalue weighted by molar-refractivity contribution is 0.0994. The second-order valence-corrected chi connectivity index (χ2v) is 12.3. The lowest BCUT2D eigenvalue weighted by atomic mass is 10.1. The first-order valence-corrected chi connectivity index (χ1v) is 13.6. The molecule has 3 aromatic rings. The Morgan fingerprint density at radius 2 is 2.06 bits per heavy atom. The monoisotopic (exact) mass is 586 g/mol. The maximum absolute atomic E-state index is 12.2. The highest BCUT2D eigenvalue weighted by Gasteiger charge is 2.23. The Morgan fingerprint density at radius 1 is 1.28 bits per heavy atom. The van der Waals surface area contributed by atoms with E-state index < -0.39 is 15.3 Å². The molecule has 32 heavy (non-hydrogen) atoms. The Bertz CT molecular complexity index is 1310. The molecule has 2 aromatic heterocycles. The van der Waals surface area contributed by atoms with Crippen molar-refractivity contribution in [1.29, 1.82) is 0 Å². The highest BCUT2D eigenvalue weighted by molar-refractivity contribution is 14.1. The van der Waals surface area contributed by atoms with Gasteiger partial charge < -0.3 is 10.3 Å². The van der Waals surface area contributed by atoms with E-state index in [4.69, 9.17) is 5.73 Å². The summed E-state index contributed by atoms with van der Waals surface area (Å²) in [6.45, 7) is 4.08. The smallest absolute Gasteiger partial charge is 0.213 e. The van der Waals surface area contributed by atoms with Crippen LogP contribution < -0.4 is 10.5 Å². The van der Waals surface area contributed by atoms with Gasteiger partial charge in [0.25, 0.3) is 0 Å². The lowest BCUT2D eigenvalue weighted by Gasteiger charge is -2.12. The molecule has 0 radical (unpaired) electrons.